The minimum Gasteiger partial charge on any atom is -0.366 e. The van der Waals surface area contributed by atoms with Crippen molar-refractivity contribution < 1.29 is 18.0 Å². The number of rotatable bonds is 3. The number of benzene rings is 2. The van der Waals surface area contributed by atoms with Crippen molar-refractivity contribution >= 4 is 34.0 Å². The topological polar surface area (TPSA) is 61.4 Å². The number of halogens is 3. The average molecular weight is 508 g/mol. The number of aromatic nitrogens is 2. The summed E-state index contributed by atoms with van der Waals surface area (Å²) in [7, 11) is 0. The van der Waals surface area contributed by atoms with Gasteiger partial charge in [-0.15, -0.1) is 0 Å². The van der Waals surface area contributed by atoms with Crippen LogP contribution in [-0.4, -0.2) is 35.1 Å². The minimum absolute atomic E-state index is 0.0877. The second-order valence-corrected chi connectivity index (χ2v) is 9.73. The Kier molecular flexibility index (Phi) is 5.40. The fourth-order valence-corrected chi connectivity index (χ4v) is 5.52. The molecule has 2 aliphatic heterocycles. The largest absolute Gasteiger partial charge is 0.416 e. The molecule has 0 saturated carbocycles. The molecular formula is C26H20F3N5OS. The molecular weight excluding hydrogens is 487 g/mol. The van der Waals surface area contributed by atoms with Crippen molar-refractivity contribution in [2.24, 2.45) is 0 Å². The van der Waals surface area contributed by atoms with Gasteiger partial charge in [-0.3, -0.25) is 10.2 Å². The Balaban J connectivity index is 1.32. The average Bonchev–Trinajstić information content (AvgIpc) is 3.52. The van der Waals surface area contributed by atoms with Gasteiger partial charge in [0, 0.05) is 24.8 Å². The molecule has 4 aromatic rings. The summed E-state index contributed by atoms with van der Waals surface area (Å²) in [6, 6.07) is 17.9. The van der Waals surface area contributed by atoms with Crippen molar-refractivity contribution in [3.8, 4) is 21.7 Å². The number of pyridine rings is 1. The molecule has 1 atom stereocenters. The van der Waals surface area contributed by atoms with Gasteiger partial charge in [-0.05, 0) is 36.2 Å². The van der Waals surface area contributed by atoms with Crippen molar-refractivity contribution in [3.05, 3.63) is 78.5 Å². The van der Waals surface area contributed by atoms with Crippen LogP contribution in [0.4, 0.5) is 34.6 Å². The first-order chi connectivity index (χ1) is 17.4. The molecule has 6 rings (SSSR count). The normalized spacial score (nSPS) is 16.7. The van der Waals surface area contributed by atoms with Crippen LogP contribution in [0.1, 0.15) is 12.0 Å². The van der Waals surface area contributed by atoms with Crippen LogP contribution in [0.5, 0.6) is 0 Å². The molecule has 4 heterocycles. The number of carbonyl (C=O) groups is 1. The van der Waals surface area contributed by atoms with Crippen LogP contribution in [-0.2, 0) is 6.18 Å². The molecule has 0 aliphatic carbocycles. The van der Waals surface area contributed by atoms with Crippen molar-refractivity contribution in [1.82, 2.24) is 9.97 Å². The molecule has 2 bridgehead atoms. The van der Waals surface area contributed by atoms with Gasteiger partial charge in [-0.25, -0.2) is 14.8 Å². The van der Waals surface area contributed by atoms with Crippen LogP contribution in [0.15, 0.2) is 72.9 Å². The molecule has 1 fully saturated rings. The van der Waals surface area contributed by atoms with Gasteiger partial charge in [0.25, 0.3) is 0 Å². The highest BCUT2D eigenvalue weighted by atomic mass is 32.1. The molecule has 6 nitrogen and oxygen atoms in total. The number of fused-ring (bicyclic) bond motifs is 4. The highest BCUT2D eigenvalue weighted by Gasteiger charge is 2.40. The van der Waals surface area contributed by atoms with Crippen molar-refractivity contribution in [2.75, 3.05) is 28.2 Å². The smallest absolute Gasteiger partial charge is 0.366 e. The van der Waals surface area contributed by atoms with E-state index in [4.69, 9.17) is 0 Å². The summed E-state index contributed by atoms with van der Waals surface area (Å²) in [5, 5.41) is 3.37. The number of urea groups is 1. The van der Waals surface area contributed by atoms with Crippen molar-refractivity contribution in [3.63, 3.8) is 0 Å². The summed E-state index contributed by atoms with van der Waals surface area (Å²) in [5.74, 6) is 0.441. The summed E-state index contributed by atoms with van der Waals surface area (Å²) in [5.41, 5.74) is 1.78. The Morgan fingerprint density at radius 2 is 1.83 bits per heavy atom. The number of alkyl halides is 3. The fraction of sp³-hybridized carbons (Fsp3) is 0.192. The SMILES string of the molecule is O=C(Nc1ncc(-c2ccccc2)s1)N1c2nc(-c3cccc(C(F)(F)F)c3)ccc2N2CC[C@H]1C2. The maximum absolute atomic E-state index is 13.5. The monoisotopic (exact) mass is 507 g/mol. The Morgan fingerprint density at radius 1 is 1.03 bits per heavy atom. The predicted octanol–water partition coefficient (Wildman–Crippen LogP) is 6.52. The first-order valence-electron chi connectivity index (χ1n) is 11.4. The highest BCUT2D eigenvalue weighted by Crippen LogP contribution is 2.41. The van der Waals surface area contributed by atoms with Gasteiger partial charge in [0.15, 0.2) is 10.9 Å². The summed E-state index contributed by atoms with van der Waals surface area (Å²) in [6.07, 6.45) is -1.95. The number of carbonyl (C=O) groups excluding carboxylic acids is 1. The van der Waals surface area contributed by atoms with Gasteiger partial charge in [0.2, 0.25) is 0 Å². The molecule has 10 heteroatoms. The Labute approximate surface area is 209 Å². The second kappa shape index (κ2) is 8.63. The number of hydrogen-bond acceptors (Lipinski definition) is 5. The molecule has 2 amide bonds. The van der Waals surface area contributed by atoms with Crippen LogP contribution < -0.4 is 15.1 Å². The summed E-state index contributed by atoms with van der Waals surface area (Å²) in [6.45, 7) is 1.46. The van der Waals surface area contributed by atoms with E-state index in [-0.39, 0.29) is 12.1 Å². The number of nitrogens with zero attached hydrogens (tertiary/aromatic N) is 4. The van der Waals surface area contributed by atoms with Crippen molar-refractivity contribution in [1.29, 1.82) is 0 Å². The summed E-state index contributed by atoms with van der Waals surface area (Å²) < 4.78 is 39.8. The lowest BCUT2D eigenvalue weighted by atomic mass is 10.1. The zero-order valence-corrected chi connectivity index (χ0v) is 19.7. The zero-order chi connectivity index (χ0) is 24.9. The first kappa shape index (κ1) is 22.5. The third-order valence-corrected chi connectivity index (χ3v) is 7.40. The number of nitrogens with one attached hydrogen (secondary N) is 1. The van der Waals surface area contributed by atoms with E-state index in [2.05, 4.69) is 20.2 Å². The van der Waals surface area contributed by atoms with E-state index in [0.717, 1.165) is 41.2 Å². The van der Waals surface area contributed by atoms with E-state index >= 15 is 0 Å². The van der Waals surface area contributed by atoms with E-state index in [9.17, 15) is 18.0 Å². The van der Waals surface area contributed by atoms with E-state index < -0.39 is 11.7 Å². The maximum atomic E-state index is 13.5. The molecule has 36 heavy (non-hydrogen) atoms. The van der Waals surface area contributed by atoms with Crippen molar-refractivity contribution in [2.45, 2.75) is 18.6 Å². The van der Waals surface area contributed by atoms with Gasteiger partial charge in [-0.2, -0.15) is 13.2 Å². The van der Waals surface area contributed by atoms with Gasteiger partial charge < -0.3 is 4.90 Å². The molecule has 2 aromatic carbocycles. The van der Waals surface area contributed by atoms with Crippen LogP contribution in [0.3, 0.4) is 0 Å². The molecule has 1 N–H and O–H groups in total. The van der Waals surface area contributed by atoms with Crippen LogP contribution in [0, 0.1) is 0 Å². The Hall–Kier alpha value is -3.92. The highest BCUT2D eigenvalue weighted by molar-refractivity contribution is 7.19. The number of thiazole rings is 1. The first-order valence-corrected chi connectivity index (χ1v) is 12.2. The second-order valence-electron chi connectivity index (χ2n) is 8.70. The van der Waals surface area contributed by atoms with E-state index in [1.807, 2.05) is 36.4 Å². The Morgan fingerprint density at radius 3 is 2.64 bits per heavy atom. The maximum Gasteiger partial charge on any atom is 0.416 e. The van der Waals surface area contributed by atoms with Crippen LogP contribution in [0.25, 0.3) is 21.7 Å². The lowest BCUT2D eigenvalue weighted by Crippen LogP contribution is -2.48. The number of hydrogen-bond donors (Lipinski definition) is 1. The lowest BCUT2D eigenvalue weighted by Gasteiger charge is -2.35. The third kappa shape index (κ3) is 4.07. The Bertz CT molecular complexity index is 1440. The fourth-order valence-electron chi connectivity index (χ4n) is 4.71. The van der Waals surface area contributed by atoms with Crippen LogP contribution in [0.2, 0.25) is 0 Å². The quantitative estimate of drug-likeness (QED) is 0.343. The van der Waals surface area contributed by atoms with E-state index in [1.54, 1.807) is 23.2 Å². The molecule has 182 valence electrons. The van der Waals surface area contributed by atoms with E-state index in [0.29, 0.717) is 28.8 Å². The predicted molar refractivity (Wildman–Crippen MR) is 134 cm³/mol. The molecule has 0 radical (unpaired) electrons. The van der Waals surface area contributed by atoms with Gasteiger partial charge >= 0.3 is 12.2 Å². The molecule has 2 aromatic heterocycles. The van der Waals surface area contributed by atoms with Crippen LogP contribution >= 0.6 is 11.3 Å². The van der Waals surface area contributed by atoms with Gasteiger partial charge in [0.05, 0.1) is 27.9 Å². The molecule has 0 spiro atoms. The van der Waals surface area contributed by atoms with E-state index in [1.165, 1.54) is 17.4 Å². The number of amides is 2. The third-order valence-electron chi connectivity index (χ3n) is 6.43. The minimum atomic E-state index is -4.45. The number of anilines is 3. The molecule has 2 aliphatic rings. The van der Waals surface area contributed by atoms with Gasteiger partial charge in [-0.1, -0.05) is 53.8 Å². The summed E-state index contributed by atoms with van der Waals surface area (Å²) in [4.78, 5) is 27.2. The molecule has 0 unspecified atom stereocenters. The summed E-state index contributed by atoms with van der Waals surface area (Å²) >= 11 is 1.38. The lowest BCUT2D eigenvalue weighted by molar-refractivity contribution is -0.137. The molecule has 1 saturated heterocycles. The van der Waals surface area contributed by atoms with Gasteiger partial charge in [0.1, 0.15) is 0 Å². The zero-order valence-electron chi connectivity index (χ0n) is 18.9. The standard InChI is InChI=1S/C26H20F3N5OS/c27-26(28,29)18-8-4-7-17(13-18)20-9-10-21-23(31-20)34(19-11-12-33(21)15-19)25(35)32-24-30-14-22(36-24)16-5-2-1-3-6-16/h1-10,13-14,19H,11-12,15H2,(H,30,32,35)/t19-/m0/s1.